The number of halogens is 1. The number of carbonyl (C=O) groups is 1. The van der Waals surface area contributed by atoms with E-state index in [0.717, 1.165) is 15.8 Å². The van der Waals surface area contributed by atoms with Gasteiger partial charge in [0.2, 0.25) is 0 Å². The molecule has 1 aromatic carbocycles. The molecule has 2 aromatic rings. The molecule has 0 N–H and O–H groups in total. The van der Waals surface area contributed by atoms with Gasteiger partial charge in [-0.05, 0) is 24.3 Å². The number of hydrogen-bond donors (Lipinski definition) is 0. The first-order valence-corrected chi connectivity index (χ1v) is 6.01. The first-order chi connectivity index (χ1) is 8.65. The summed E-state index contributed by atoms with van der Waals surface area (Å²) in [4.78, 5) is 15.0. The highest BCUT2D eigenvalue weighted by Gasteiger charge is 2.03. The number of oxime groups is 1. The Hall–Kier alpha value is -1.88. The van der Waals surface area contributed by atoms with Crippen LogP contribution < -0.4 is 0 Å². The van der Waals surface area contributed by atoms with Crippen molar-refractivity contribution in [3.05, 3.63) is 46.6 Å². The molecule has 4 nitrogen and oxygen atoms in total. The van der Waals surface area contributed by atoms with Crippen molar-refractivity contribution in [2.75, 3.05) is 0 Å². The summed E-state index contributed by atoms with van der Waals surface area (Å²) in [6.45, 7) is 1.28. The number of nitrogens with zero attached hydrogens (tertiary/aromatic N) is 1. The summed E-state index contributed by atoms with van der Waals surface area (Å²) in [5.74, 6) is 0.775. The molecule has 5 heteroatoms. The molecule has 18 heavy (non-hydrogen) atoms. The lowest BCUT2D eigenvalue weighted by molar-refractivity contribution is -0.140. The maximum absolute atomic E-state index is 10.5. The number of carbonyl (C=O) groups excluding carboxylic acids is 1. The van der Waals surface area contributed by atoms with Crippen molar-refractivity contribution in [3.63, 3.8) is 0 Å². The Kier molecular flexibility index (Phi) is 3.94. The molecule has 0 spiro atoms. The Morgan fingerprint density at radius 1 is 1.39 bits per heavy atom. The van der Waals surface area contributed by atoms with E-state index >= 15 is 0 Å². The third-order valence-corrected chi connectivity index (χ3v) is 2.59. The van der Waals surface area contributed by atoms with Crippen LogP contribution in [0.3, 0.4) is 0 Å². The molecule has 0 aliphatic carbocycles. The van der Waals surface area contributed by atoms with Crippen LogP contribution in [0.15, 0.2) is 50.4 Å². The normalized spacial score (nSPS) is 10.8. The van der Waals surface area contributed by atoms with E-state index in [4.69, 9.17) is 4.42 Å². The Labute approximate surface area is 112 Å². The zero-order valence-electron chi connectivity index (χ0n) is 9.59. The first-order valence-electron chi connectivity index (χ1n) is 5.22. The van der Waals surface area contributed by atoms with Gasteiger partial charge in [0.15, 0.2) is 0 Å². The number of furan rings is 1. The van der Waals surface area contributed by atoms with Crippen LogP contribution in [-0.4, -0.2) is 12.2 Å². The molecule has 2 rings (SSSR count). The lowest BCUT2D eigenvalue weighted by Gasteiger charge is -1.96. The Morgan fingerprint density at radius 3 is 2.94 bits per heavy atom. The second-order valence-corrected chi connectivity index (χ2v) is 4.45. The standard InChI is InChI=1S/C13H10BrNO3/c1-9(16)18-15-8-12-5-6-13(17-12)10-3-2-4-11(14)7-10/h2-8H,1H3/b15-8+. The van der Waals surface area contributed by atoms with Crippen molar-refractivity contribution in [1.29, 1.82) is 0 Å². The minimum atomic E-state index is -0.468. The predicted octanol–water partition coefficient (Wildman–Crippen LogP) is 3.61. The summed E-state index contributed by atoms with van der Waals surface area (Å²) in [6.07, 6.45) is 1.35. The van der Waals surface area contributed by atoms with Crippen LogP contribution in [0.4, 0.5) is 0 Å². The number of rotatable bonds is 3. The van der Waals surface area contributed by atoms with E-state index in [0.29, 0.717) is 5.76 Å². The van der Waals surface area contributed by atoms with Crippen LogP contribution in [0.25, 0.3) is 11.3 Å². The van der Waals surface area contributed by atoms with Crippen molar-refractivity contribution in [1.82, 2.24) is 0 Å². The molecule has 0 amide bonds. The molecule has 1 aromatic heterocycles. The molecule has 0 aliphatic rings. The van der Waals surface area contributed by atoms with Crippen molar-refractivity contribution in [3.8, 4) is 11.3 Å². The third-order valence-electron chi connectivity index (χ3n) is 2.10. The van der Waals surface area contributed by atoms with Gasteiger partial charge in [-0.25, -0.2) is 4.79 Å². The minimum Gasteiger partial charge on any atom is -0.455 e. The summed E-state index contributed by atoms with van der Waals surface area (Å²) >= 11 is 3.40. The highest BCUT2D eigenvalue weighted by Crippen LogP contribution is 2.24. The minimum absolute atomic E-state index is 0.468. The molecule has 0 unspecified atom stereocenters. The number of benzene rings is 1. The molecular weight excluding hydrogens is 298 g/mol. The fraction of sp³-hybridized carbons (Fsp3) is 0.0769. The molecule has 0 fully saturated rings. The average molecular weight is 308 g/mol. The van der Waals surface area contributed by atoms with Gasteiger partial charge in [0, 0.05) is 17.0 Å². The first kappa shape index (κ1) is 12.6. The fourth-order valence-electron chi connectivity index (χ4n) is 1.37. The van der Waals surface area contributed by atoms with Gasteiger partial charge in [0.25, 0.3) is 0 Å². The van der Waals surface area contributed by atoms with Crippen LogP contribution in [0.1, 0.15) is 12.7 Å². The van der Waals surface area contributed by atoms with E-state index < -0.39 is 5.97 Å². The van der Waals surface area contributed by atoms with Gasteiger partial charge >= 0.3 is 5.97 Å². The van der Waals surface area contributed by atoms with E-state index in [2.05, 4.69) is 25.9 Å². The van der Waals surface area contributed by atoms with E-state index in [-0.39, 0.29) is 0 Å². The fourth-order valence-corrected chi connectivity index (χ4v) is 1.77. The zero-order chi connectivity index (χ0) is 13.0. The van der Waals surface area contributed by atoms with Gasteiger partial charge in [-0.15, -0.1) is 0 Å². The lowest BCUT2D eigenvalue weighted by Crippen LogP contribution is -1.90. The summed E-state index contributed by atoms with van der Waals surface area (Å²) in [5, 5.41) is 3.49. The largest absolute Gasteiger partial charge is 0.455 e. The predicted molar refractivity (Wildman–Crippen MR) is 71.2 cm³/mol. The monoisotopic (exact) mass is 307 g/mol. The van der Waals surface area contributed by atoms with Crippen LogP contribution in [0.2, 0.25) is 0 Å². The van der Waals surface area contributed by atoms with Gasteiger partial charge in [-0.3, -0.25) is 0 Å². The Morgan fingerprint density at radius 2 is 2.22 bits per heavy atom. The summed E-state index contributed by atoms with van der Waals surface area (Å²) in [7, 11) is 0. The van der Waals surface area contributed by atoms with Crippen LogP contribution in [-0.2, 0) is 9.63 Å². The highest BCUT2D eigenvalue weighted by atomic mass is 79.9. The summed E-state index contributed by atoms with van der Waals surface area (Å²) in [5.41, 5.74) is 0.955. The van der Waals surface area contributed by atoms with Crippen molar-refractivity contribution in [2.45, 2.75) is 6.92 Å². The smallest absolute Gasteiger partial charge is 0.331 e. The van der Waals surface area contributed by atoms with E-state index in [1.165, 1.54) is 13.1 Å². The van der Waals surface area contributed by atoms with E-state index in [1.807, 2.05) is 30.3 Å². The second-order valence-electron chi connectivity index (χ2n) is 3.53. The quantitative estimate of drug-likeness (QED) is 0.494. The average Bonchev–Trinajstić information content (AvgIpc) is 2.77. The topological polar surface area (TPSA) is 51.8 Å². The highest BCUT2D eigenvalue weighted by molar-refractivity contribution is 9.10. The molecule has 1 heterocycles. The molecule has 0 radical (unpaired) electrons. The third kappa shape index (κ3) is 3.30. The summed E-state index contributed by atoms with van der Waals surface area (Å²) < 4.78 is 6.52. The maximum atomic E-state index is 10.5. The van der Waals surface area contributed by atoms with Crippen LogP contribution in [0.5, 0.6) is 0 Å². The van der Waals surface area contributed by atoms with Crippen molar-refractivity contribution < 1.29 is 14.0 Å². The van der Waals surface area contributed by atoms with Gasteiger partial charge in [-0.2, -0.15) is 0 Å². The van der Waals surface area contributed by atoms with Crippen LogP contribution in [0, 0.1) is 0 Å². The van der Waals surface area contributed by atoms with Gasteiger partial charge in [0.05, 0.1) is 0 Å². The SMILES string of the molecule is CC(=O)O/N=C/c1ccc(-c2cccc(Br)c2)o1. The maximum Gasteiger partial charge on any atom is 0.331 e. The number of hydrogen-bond acceptors (Lipinski definition) is 4. The molecule has 0 saturated heterocycles. The van der Waals surface area contributed by atoms with Crippen molar-refractivity contribution in [2.24, 2.45) is 5.16 Å². The van der Waals surface area contributed by atoms with E-state index in [1.54, 1.807) is 6.07 Å². The van der Waals surface area contributed by atoms with Gasteiger partial charge in [0.1, 0.15) is 17.7 Å². The molecule has 0 atom stereocenters. The zero-order valence-corrected chi connectivity index (χ0v) is 11.2. The van der Waals surface area contributed by atoms with E-state index in [9.17, 15) is 4.79 Å². The molecular formula is C13H10BrNO3. The molecule has 0 bridgehead atoms. The Balaban J connectivity index is 2.15. The Bertz CT molecular complexity index is 589. The molecule has 92 valence electrons. The van der Waals surface area contributed by atoms with Crippen molar-refractivity contribution >= 4 is 28.1 Å². The lowest BCUT2D eigenvalue weighted by atomic mass is 10.2. The van der Waals surface area contributed by atoms with Crippen LogP contribution >= 0.6 is 15.9 Å². The molecule has 0 aliphatic heterocycles. The molecule has 0 saturated carbocycles. The van der Waals surface area contributed by atoms with Gasteiger partial charge < -0.3 is 9.25 Å². The summed E-state index contributed by atoms with van der Waals surface area (Å²) in [6, 6.07) is 11.3. The second kappa shape index (κ2) is 5.64. The van der Waals surface area contributed by atoms with Gasteiger partial charge in [-0.1, -0.05) is 33.2 Å².